The van der Waals surface area contributed by atoms with Gasteiger partial charge in [0.2, 0.25) is 5.91 Å². The van der Waals surface area contributed by atoms with Gasteiger partial charge in [-0.2, -0.15) is 4.31 Å². The van der Waals surface area contributed by atoms with Crippen LogP contribution in [0.5, 0.6) is 0 Å². The number of aryl methyl sites for hydroxylation is 1. The van der Waals surface area contributed by atoms with Crippen LogP contribution < -0.4 is 4.90 Å². The lowest BCUT2D eigenvalue weighted by atomic mass is 9.98. The van der Waals surface area contributed by atoms with Crippen LogP contribution in [0.15, 0.2) is 33.9 Å². The van der Waals surface area contributed by atoms with Crippen molar-refractivity contribution < 1.29 is 13.2 Å². The van der Waals surface area contributed by atoms with Crippen molar-refractivity contribution in [2.75, 3.05) is 44.2 Å². The molecule has 1 unspecified atom stereocenters. The highest BCUT2D eigenvalue weighted by Crippen LogP contribution is 2.35. The van der Waals surface area contributed by atoms with Gasteiger partial charge in [0.25, 0.3) is 10.0 Å². The number of thiophene rings is 1. The zero-order valence-electron chi connectivity index (χ0n) is 20.2. The van der Waals surface area contributed by atoms with Crippen LogP contribution in [0, 0.1) is 12.8 Å². The molecule has 1 saturated heterocycles. The molecule has 1 amide bonds. The second-order valence-corrected chi connectivity index (χ2v) is 13.2. The number of hydrogen-bond acceptors (Lipinski definition) is 7. The van der Waals surface area contributed by atoms with Gasteiger partial charge in [0.15, 0.2) is 5.13 Å². The maximum Gasteiger partial charge on any atom is 0.252 e. The van der Waals surface area contributed by atoms with Crippen molar-refractivity contribution in [3.63, 3.8) is 0 Å². The number of aromatic nitrogens is 1. The molecular weight excluding hydrogens is 524 g/mol. The lowest BCUT2D eigenvalue weighted by molar-refractivity contribution is -0.123. The van der Waals surface area contributed by atoms with Gasteiger partial charge in [-0.3, -0.25) is 9.69 Å². The van der Waals surface area contributed by atoms with Gasteiger partial charge in [0.1, 0.15) is 4.21 Å². The Morgan fingerprint density at radius 2 is 2.00 bits per heavy atom. The number of nitrogens with zero attached hydrogens (tertiary/aromatic N) is 4. The first-order valence-electron chi connectivity index (χ1n) is 11.9. The Hall–Kier alpha value is -1.56. The van der Waals surface area contributed by atoms with Crippen LogP contribution in [0.3, 0.4) is 0 Å². The number of rotatable bonds is 9. The zero-order valence-corrected chi connectivity index (χ0v) is 23.4. The van der Waals surface area contributed by atoms with E-state index in [1.165, 1.54) is 27.0 Å². The average Bonchev–Trinajstić information content (AvgIpc) is 3.55. The fraction of sp³-hybridized carbons (Fsp3) is 0.500. The Morgan fingerprint density at radius 1 is 1.23 bits per heavy atom. The van der Waals surface area contributed by atoms with E-state index < -0.39 is 15.9 Å². The Kier molecular flexibility index (Phi) is 8.50. The molecule has 11 heteroatoms. The number of carbonyl (C=O) groups excluding carboxylic acids is 1. The summed E-state index contributed by atoms with van der Waals surface area (Å²) in [5.41, 5.74) is 1.71. The number of piperidine rings is 1. The van der Waals surface area contributed by atoms with E-state index in [9.17, 15) is 13.2 Å². The van der Waals surface area contributed by atoms with Crippen molar-refractivity contribution in [2.45, 2.75) is 37.8 Å². The fourth-order valence-electron chi connectivity index (χ4n) is 4.41. The molecule has 4 rings (SSSR count). The van der Waals surface area contributed by atoms with Gasteiger partial charge in [-0.05, 0) is 62.0 Å². The molecule has 0 spiro atoms. The van der Waals surface area contributed by atoms with Gasteiger partial charge in [0.05, 0.1) is 16.1 Å². The Morgan fingerprint density at radius 3 is 2.69 bits per heavy atom. The Balaban J connectivity index is 1.62. The number of fused-ring (bicyclic) bond motifs is 1. The number of hydrogen-bond donors (Lipinski definition) is 0. The summed E-state index contributed by atoms with van der Waals surface area (Å²) in [6, 6.07) is 7.16. The summed E-state index contributed by atoms with van der Waals surface area (Å²) in [6.07, 6.45) is 1.31. The second-order valence-electron chi connectivity index (χ2n) is 8.67. The SMILES string of the molecule is CCN(CC)CCN(C(=O)C1CCCN(S(=O)(=O)c2cccs2)C1)c1nc2c(C)c(Cl)ccc2s1. The highest BCUT2D eigenvalue weighted by molar-refractivity contribution is 7.91. The molecule has 0 aliphatic carbocycles. The lowest BCUT2D eigenvalue weighted by Crippen LogP contribution is -2.48. The molecule has 3 heterocycles. The summed E-state index contributed by atoms with van der Waals surface area (Å²) in [5, 5.41) is 3.05. The second kappa shape index (κ2) is 11.2. The molecule has 1 aliphatic heterocycles. The standard InChI is InChI=1S/C24H31ClN4O3S3/c1-4-27(5-2)13-14-29(24-26-22-17(3)19(25)10-11-20(22)34-24)23(30)18-8-6-12-28(16-18)35(31,32)21-9-7-15-33-21/h7,9-11,15,18H,4-6,8,12-14,16H2,1-3H3. The highest BCUT2D eigenvalue weighted by Gasteiger charge is 2.36. The number of anilines is 1. The minimum absolute atomic E-state index is 0.0639. The van der Waals surface area contributed by atoms with Crippen LogP contribution in [0.4, 0.5) is 5.13 Å². The van der Waals surface area contributed by atoms with E-state index in [1.54, 1.807) is 22.4 Å². The molecular formula is C24H31ClN4O3S3. The Labute approximate surface area is 220 Å². The first-order valence-corrected chi connectivity index (χ1v) is 15.4. The maximum atomic E-state index is 13.9. The third-order valence-corrected chi connectivity index (χ3v) is 11.3. The average molecular weight is 555 g/mol. The molecule has 1 aromatic carbocycles. The first kappa shape index (κ1) is 26.5. The number of benzene rings is 1. The summed E-state index contributed by atoms with van der Waals surface area (Å²) < 4.78 is 29.0. The summed E-state index contributed by atoms with van der Waals surface area (Å²) in [7, 11) is -3.59. The number of thiazole rings is 1. The maximum absolute atomic E-state index is 13.9. The summed E-state index contributed by atoms with van der Waals surface area (Å²) in [5.74, 6) is -0.474. The predicted molar refractivity (Wildman–Crippen MR) is 145 cm³/mol. The number of carbonyl (C=O) groups is 1. The smallest absolute Gasteiger partial charge is 0.252 e. The third-order valence-electron chi connectivity index (χ3n) is 6.59. The Bertz CT molecular complexity index is 1270. The fourth-order valence-corrected chi connectivity index (χ4v) is 8.28. The topological polar surface area (TPSA) is 73.8 Å². The van der Waals surface area contributed by atoms with Gasteiger partial charge in [-0.15, -0.1) is 11.3 Å². The number of amides is 1. The van der Waals surface area contributed by atoms with E-state index in [2.05, 4.69) is 18.7 Å². The van der Waals surface area contributed by atoms with E-state index in [1.807, 2.05) is 19.1 Å². The number of likely N-dealkylation sites (N-methyl/N-ethyl adjacent to an activating group) is 1. The van der Waals surface area contributed by atoms with Gasteiger partial charge in [-0.25, -0.2) is 13.4 Å². The van der Waals surface area contributed by atoms with Crippen molar-refractivity contribution in [3.05, 3.63) is 40.2 Å². The van der Waals surface area contributed by atoms with Crippen LogP contribution in [0.1, 0.15) is 32.3 Å². The quantitative estimate of drug-likeness (QED) is 0.368. The molecule has 7 nitrogen and oxygen atoms in total. The molecule has 0 saturated carbocycles. The van der Waals surface area contributed by atoms with Crippen LogP contribution in [-0.4, -0.2) is 67.8 Å². The largest absolute Gasteiger partial charge is 0.302 e. The van der Waals surface area contributed by atoms with Gasteiger partial charge >= 0.3 is 0 Å². The number of halogens is 1. The summed E-state index contributed by atoms with van der Waals surface area (Å²) in [4.78, 5) is 22.8. The van der Waals surface area contributed by atoms with Gasteiger partial charge in [-0.1, -0.05) is 42.9 Å². The molecule has 3 aromatic rings. The highest BCUT2D eigenvalue weighted by atomic mass is 35.5. The molecule has 190 valence electrons. The number of sulfonamides is 1. The predicted octanol–water partition coefficient (Wildman–Crippen LogP) is 5.10. The minimum atomic E-state index is -3.59. The molecule has 0 N–H and O–H groups in total. The third kappa shape index (κ3) is 5.57. The van der Waals surface area contributed by atoms with Crippen molar-refractivity contribution in [3.8, 4) is 0 Å². The molecule has 35 heavy (non-hydrogen) atoms. The molecule has 1 atom stereocenters. The van der Waals surface area contributed by atoms with Gasteiger partial charge in [0, 0.05) is 31.2 Å². The normalized spacial score (nSPS) is 17.3. The van der Waals surface area contributed by atoms with Crippen LogP contribution in [0.2, 0.25) is 5.02 Å². The lowest BCUT2D eigenvalue weighted by Gasteiger charge is -2.34. The molecule has 2 aromatic heterocycles. The summed E-state index contributed by atoms with van der Waals surface area (Å²) in [6.45, 7) is 9.77. The van der Waals surface area contributed by atoms with Crippen molar-refractivity contribution in [1.29, 1.82) is 0 Å². The molecule has 0 bridgehead atoms. The van der Waals surface area contributed by atoms with E-state index in [0.717, 1.165) is 35.4 Å². The van der Waals surface area contributed by atoms with E-state index >= 15 is 0 Å². The monoisotopic (exact) mass is 554 g/mol. The zero-order chi connectivity index (χ0) is 25.2. The van der Waals surface area contributed by atoms with Crippen molar-refractivity contribution in [1.82, 2.24) is 14.2 Å². The minimum Gasteiger partial charge on any atom is -0.302 e. The molecule has 0 radical (unpaired) electrons. The summed E-state index contributed by atoms with van der Waals surface area (Å²) >= 11 is 9.00. The van der Waals surface area contributed by atoms with E-state index in [4.69, 9.17) is 16.6 Å². The van der Waals surface area contributed by atoms with E-state index in [-0.39, 0.29) is 12.5 Å². The van der Waals surface area contributed by atoms with Gasteiger partial charge < -0.3 is 4.90 Å². The molecule has 1 fully saturated rings. The van der Waals surface area contributed by atoms with Crippen LogP contribution in [-0.2, 0) is 14.8 Å². The van der Waals surface area contributed by atoms with Crippen LogP contribution in [0.25, 0.3) is 10.2 Å². The van der Waals surface area contributed by atoms with Crippen molar-refractivity contribution in [2.24, 2.45) is 5.92 Å². The molecule has 1 aliphatic rings. The first-order chi connectivity index (χ1) is 16.8. The van der Waals surface area contributed by atoms with Crippen LogP contribution >= 0.6 is 34.3 Å². The van der Waals surface area contributed by atoms with E-state index in [0.29, 0.717) is 40.3 Å². The van der Waals surface area contributed by atoms with Crippen molar-refractivity contribution >= 4 is 65.6 Å².